The normalized spacial score (nSPS) is 20.0. The number of β-amino-alcohol motifs (C(OH)–C–C–N with tert-alkyl or cyclic N) is 1. The van der Waals surface area contributed by atoms with E-state index in [0.717, 1.165) is 11.3 Å². The molecule has 0 radical (unpaired) electrons. The molecule has 0 bridgehead atoms. The average Bonchev–Trinajstić information content (AvgIpc) is 2.88. The Morgan fingerprint density at radius 1 is 1.05 bits per heavy atom. The molecule has 2 heterocycles. The molecule has 2 aromatic carbocycles. The highest BCUT2D eigenvalue weighted by Gasteiger charge is 2.37. The summed E-state index contributed by atoms with van der Waals surface area (Å²) in [5, 5.41) is 31.0. The minimum Gasteiger partial charge on any atom is -0.491 e. The van der Waals surface area contributed by atoms with Crippen LogP contribution in [-0.2, 0) is 12.2 Å². The number of piperazine rings is 1. The zero-order chi connectivity index (χ0) is 26.6. The topological polar surface area (TPSA) is 89.3 Å². The Hall–Kier alpha value is -2.39. The van der Waals surface area contributed by atoms with E-state index < -0.39 is 5.60 Å². The maximum atomic E-state index is 11.4. The number of hydrogen-bond donors (Lipinski definition) is 3. The van der Waals surface area contributed by atoms with Crippen molar-refractivity contribution in [3.05, 3.63) is 87.7 Å². The molecule has 1 fully saturated rings. The molecular formula is C28H33Cl2N3O4. The van der Waals surface area contributed by atoms with Crippen LogP contribution in [0, 0.1) is 0 Å². The van der Waals surface area contributed by atoms with Gasteiger partial charge in [-0.1, -0.05) is 41.4 Å². The van der Waals surface area contributed by atoms with Gasteiger partial charge in [-0.3, -0.25) is 9.88 Å². The smallest absolute Gasteiger partial charge is 0.121 e. The van der Waals surface area contributed by atoms with E-state index in [4.69, 9.17) is 33.0 Å². The van der Waals surface area contributed by atoms with Crippen LogP contribution in [0.2, 0.25) is 10.0 Å². The van der Waals surface area contributed by atoms with E-state index in [1.54, 1.807) is 25.3 Å². The third kappa shape index (κ3) is 6.55. The zero-order valence-corrected chi connectivity index (χ0v) is 22.5. The minimum absolute atomic E-state index is 0.0478. The number of pyridine rings is 1. The van der Waals surface area contributed by atoms with Crippen molar-refractivity contribution in [2.45, 2.75) is 38.1 Å². The summed E-state index contributed by atoms with van der Waals surface area (Å²) in [6.07, 6.45) is 1.63. The summed E-state index contributed by atoms with van der Waals surface area (Å²) in [4.78, 5) is 8.81. The van der Waals surface area contributed by atoms with Gasteiger partial charge < -0.3 is 25.0 Å². The van der Waals surface area contributed by atoms with E-state index in [-0.39, 0.29) is 31.9 Å². The van der Waals surface area contributed by atoms with Gasteiger partial charge in [0.05, 0.1) is 35.7 Å². The van der Waals surface area contributed by atoms with Crippen molar-refractivity contribution in [3.63, 3.8) is 0 Å². The molecule has 0 aliphatic carbocycles. The third-order valence-corrected chi connectivity index (χ3v) is 7.27. The fourth-order valence-corrected chi connectivity index (χ4v) is 5.37. The largest absolute Gasteiger partial charge is 0.491 e. The monoisotopic (exact) mass is 545 g/mol. The number of anilines is 1. The second-order valence-electron chi connectivity index (χ2n) is 9.67. The van der Waals surface area contributed by atoms with E-state index in [9.17, 15) is 10.2 Å². The SMILES string of the molecule is C[C@H]1CN(C[C@@](C)(O)c2ccc(CO)nc2)C[C@@H](c2ccc(Cl)cc2)N1c1ccc(OCCO)cc1Cl. The lowest BCUT2D eigenvalue weighted by Crippen LogP contribution is -2.56. The highest BCUT2D eigenvalue weighted by molar-refractivity contribution is 6.33. The van der Waals surface area contributed by atoms with Crippen LogP contribution in [0.5, 0.6) is 5.75 Å². The van der Waals surface area contributed by atoms with Gasteiger partial charge >= 0.3 is 0 Å². The van der Waals surface area contributed by atoms with Crippen LogP contribution in [0.1, 0.15) is 36.7 Å². The number of nitrogens with zero attached hydrogens (tertiary/aromatic N) is 3. The van der Waals surface area contributed by atoms with Crippen LogP contribution in [0.25, 0.3) is 0 Å². The van der Waals surface area contributed by atoms with Gasteiger partial charge in [-0.15, -0.1) is 0 Å². The molecule has 0 amide bonds. The first-order chi connectivity index (χ1) is 17.7. The van der Waals surface area contributed by atoms with Crippen LogP contribution in [0.15, 0.2) is 60.8 Å². The second-order valence-corrected chi connectivity index (χ2v) is 10.5. The van der Waals surface area contributed by atoms with E-state index in [1.807, 2.05) is 42.5 Å². The lowest BCUT2D eigenvalue weighted by Gasteiger charge is -2.49. The van der Waals surface area contributed by atoms with Crippen molar-refractivity contribution in [2.75, 3.05) is 37.7 Å². The molecule has 0 spiro atoms. The van der Waals surface area contributed by atoms with Gasteiger partial charge in [0.1, 0.15) is 18.0 Å². The number of aliphatic hydroxyl groups excluding tert-OH is 2. The van der Waals surface area contributed by atoms with Gasteiger partial charge in [-0.25, -0.2) is 0 Å². The first kappa shape index (κ1) is 27.6. The summed E-state index contributed by atoms with van der Waals surface area (Å²) in [5.74, 6) is 0.606. The van der Waals surface area contributed by atoms with Crippen molar-refractivity contribution < 1.29 is 20.1 Å². The predicted octanol–water partition coefficient (Wildman–Crippen LogP) is 4.41. The van der Waals surface area contributed by atoms with Gasteiger partial charge in [-0.05, 0) is 49.7 Å². The maximum absolute atomic E-state index is 11.4. The first-order valence-corrected chi connectivity index (χ1v) is 13.1. The van der Waals surface area contributed by atoms with Gasteiger partial charge in [0.2, 0.25) is 0 Å². The summed E-state index contributed by atoms with van der Waals surface area (Å²) in [6.45, 7) is 5.72. The van der Waals surface area contributed by atoms with Crippen molar-refractivity contribution >= 4 is 28.9 Å². The molecular weight excluding hydrogens is 513 g/mol. The number of aliphatic hydroxyl groups is 3. The van der Waals surface area contributed by atoms with Gasteiger partial charge in [0.15, 0.2) is 0 Å². The summed E-state index contributed by atoms with van der Waals surface area (Å²) in [6, 6.07) is 17.0. The molecule has 4 rings (SSSR count). The molecule has 9 heteroatoms. The molecule has 0 saturated carbocycles. The highest BCUT2D eigenvalue weighted by Crippen LogP contribution is 2.40. The van der Waals surface area contributed by atoms with E-state index >= 15 is 0 Å². The summed E-state index contributed by atoms with van der Waals surface area (Å²) in [7, 11) is 0. The standard InChI is InChI=1S/C28H33Cl2N3O4/c1-19-15-32(18-28(2,36)21-5-8-23(17-35)31-14-21)16-27(20-3-6-22(29)7-4-20)33(19)26-10-9-24(13-25(26)30)37-12-11-34/h3-10,13-14,19,27,34-36H,11-12,15-18H2,1-2H3/t19-,27-,28+/m0/s1. The van der Waals surface area contributed by atoms with Crippen LogP contribution in [0.3, 0.4) is 0 Å². The Morgan fingerprint density at radius 3 is 2.43 bits per heavy atom. The third-order valence-electron chi connectivity index (χ3n) is 6.72. The Balaban J connectivity index is 1.62. The molecule has 1 aliphatic heterocycles. The van der Waals surface area contributed by atoms with Gasteiger partial charge in [0, 0.05) is 48.5 Å². The Labute approximate surface area is 227 Å². The quantitative estimate of drug-likeness (QED) is 0.367. The number of rotatable bonds is 9. The minimum atomic E-state index is -1.13. The molecule has 1 aromatic heterocycles. The van der Waals surface area contributed by atoms with E-state index in [1.165, 1.54) is 0 Å². The Morgan fingerprint density at radius 2 is 1.81 bits per heavy atom. The van der Waals surface area contributed by atoms with Crippen LogP contribution >= 0.6 is 23.2 Å². The number of aromatic nitrogens is 1. The Kier molecular flexibility index (Phi) is 8.95. The van der Waals surface area contributed by atoms with Crippen LogP contribution in [0.4, 0.5) is 5.69 Å². The van der Waals surface area contributed by atoms with Crippen LogP contribution in [-0.4, -0.2) is 64.1 Å². The van der Waals surface area contributed by atoms with Crippen molar-refractivity contribution in [3.8, 4) is 5.75 Å². The van der Waals surface area contributed by atoms with Crippen molar-refractivity contribution in [1.82, 2.24) is 9.88 Å². The van der Waals surface area contributed by atoms with Crippen molar-refractivity contribution in [2.24, 2.45) is 0 Å². The van der Waals surface area contributed by atoms with E-state index in [2.05, 4.69) is 21.7 Å². The molecule has 3 aromatic rings. The fourth-order valence-electron chi connectivity index (χ4n) is 4.97. The summed E-state index contributed by atoms with van der Waals surface area (Å²) in [5.41, 5.74) is 2.11. The molecule has 198 valence electrons. The zero-order valence-electron chi connectivity index (χ0n) is 21.0. The molecule has 0 unspecified atom stereocenters. The lowest BCUT2D eigenvalue weighted by molar-refractivity contribution is 0.00606. The average molecular weight is 546 g/mol. The first-order valence-electron chi connectivity index (χ1n) is 12.3. The fraction of sp³-hybridized carbons (Fsp3) is 0.393. The Bertz CT molecular complexity index is 1180. The lowest BCUT2D eigenvalue weighted by atomic mass is 9.93. The molecule has 1 aliphatic rings. The van der Waals surface area contributed by atoms with Crippen LogP contribution < -0.4 is 9.64 Å². The number of ether oxygens (including phenoxy) is 1. The molecule has 37 heavy (non-hydrogen) atoms. The number of hydrogen-bond acceptors (Lipinski definition) is 7. The maximum Gasteiger partial charge on any atom is 0.121 e. The summed E-state index contributed by atoms with van der Waals surface area (Å²) < 4.78 is 5.54. The van der Waals surface area contributed by atoms with E-state index in [0.29, 0.717) is 46.7 Å². The molecule has 3 atom stereocenters. The van der Waals surface area contributed by atoms with Gasteiger partial charge in [0.25, 0.3) is 0 Å². The predicted molar refractivity (Wildman–Crippen MR) is 146 cm³/mol. The number of benzene rings is 2. The second kappa shape index (κ2) is 12.0. The highest BCUT2D eigenvalue weighted by atomic mass is 35.5. The summed E-state index contributed by atoms with van der Waals surface area (Å²) >= 11 is 12.9. The molecule has 7 nitrogen and oxygen atoms in total. The van der Waals surface area contributed by atoms with Crippen molar-refractivity contribution in [1.29, 1.82) is 0 Å². The molecule has 3 N–H and O–H groups in total. The van der Waals surface area contributed by atoms with Gasteiger partial charge in [-0.2, -0.15) is 0 Å². The molecule has 1 saturated heterocycles. The number of halogens is 2.